The lowest BCUT2D eigenvalue weighted by molar-refractivity contribution is -0.137. The Hall–Kier alpha value is -2.84. The van der Waals surface area contributed by atoms with Crippen LogP contribution in [-0.2, 0) is 11.0 Å². The fraction of sp³-hybridized carbons (Fsp3) is 0.500. The number of benzene rings is 1. The number of piperidine rings is 1. The van der Waals surface area contributed by atoms with Gasteiger partial charge in [0.2, 0.25) is 5.91 Å². The van der Waals surface area contributed by atoms with Crippen LogP contribution in [0.3, 0.4) is 0 Å². The first-order valence-corrected chi connectivity index (χ1v) is 10.5. The number of H-pyrrole nitrogens is 1. The fourth-order valence-electron chi connectivity index (χ4n) is 3.74. The van der Waals surface area contributed by atoms with Gasteiger partial charge in [-0.1, -0.05) is 19.1 Å². The standard InChI is InChI=1S/C22H27F3N4O2/c1-15-8-10-29(11-9-15)20(30)7-3-6-19(28-21(31)17-13-26-27-14-17)16-4-2-5-18(12-16)22(23,24)25/h2,4-5,12-15,19H,3,6-11H2,1H3,(H,26,27)(H,28,31)/t19-/m0/s1. The average molecular weight is 436 g/mol. The zero-order chi connectivity index (χ0) is 22.4. The van der Waals surface area contributed by atoms with Crippen LogP contribution in [-0.4, -0.2) is 40.0 Å². The summed E-state index contributed by atoms with van der Waals surface area (Å²) >= 11 is 0. The molecular weight excluding hydrogens is 409 g/mol. The minimum Gasteiger partial charge on any atom is -0.345 e. The zero-order valence-corrected chi connectivity index (χ0v) is 17.4. The molecule has 9 heteroatoms. The lowest BCUT2D eigenvalue weighted by Gasteiger charge is -2.30. The minimum atomic E-state index is -4.48. The van der Waals surface area contributed by atoms with Crippen LogP contribution < -0.4 is 5.32 Å². The van der Waals surface area contributed by atoms with Gasteiger partial charge in [0.1, 0.15) is 0 Å². The van der Waals surface area contributed by atoms with Crippen molar-refractivity contribution in [2.24, 2.45) is 5.92 Å². The van der Waals surface area contributed by atoms with Crippen LogP contribution in [0.1, 0.15) is 66.6 Å². The van der Waals surface area contributed by atoms with Crippen molar-refractivity contribution < 1.29 is 22.8 Å². The van der Waals surface area contributed by atoms with E-state index >= 15 is 0 Å². The molecule has 2 aromatic rings. The van der Waals surface area contributed by atoms with Crippen molar-refractivity contribution in [2.75, 3.05) is 13.1 Å². The molecule has 1 atom stereocenters. The molecule has 168 valence electrons. The molecule has 1 aliphatic heterocycles. The Morgan fingerprint density at radius 1 is 1.29 bits per heavy atom. The molecule has 1 aromatic carbocycles. The third-order valence-corrected chi connectivity index (χ3v) is 5.70. The molecule has 0 radical (unpaired) electrons. The number of halogens is 3. The van der Waals surface area contributed by atoms with Crippen LogP contribution in [0.4, 0.5) is 13.2 Å². The van der Waals surface area contributed by atoms with Crippen molar-refractivity contribution in [2.45, 2.75) is 51.2 Å². The summed E-state index contributed by atoms with van der Waals surface area (Å²) in [6, 6.07) is 4.28. The first-order valence-electron chi connectivity index (χ1n) is 10.5. The number of amides is 2. The van der Waals surface area contributed by atoms with E-state index in [0.29, 0.717) is 30.7 Å². The summed E-state index contributed by atoms with van der Waals surface area (Å²) in [6.07, 6.45) is 1.36. The van der Waals surface area contributed by atoms with Crippen LogP contribution in [0.15, 0.2) is 36.7 Å². The Morgan fingerprint density at radius 2 is 2.03 bits per heavy atom. The van der Waals surface area contributed by atoms with E-state index in [1.54, 1.807) is 6.07 Å². The third kappa shape index (κ3) is 6.32. The van der Waals surface area contributed by atoms with E-state index in [-0.39, 0.29) is 11.5 Å². The molecule has 1 saturated heterocycles. The molecule has 0 bridgehead atoms. The van der Waals surface area contributed by atoms with E-state index in [1.165, 1.54) is 18.5 Å². The Morgan fingerprint density at radius 3 is 2.68 bits per heavy atom. The molecule has 31 heavy (non-hydrogen) atoms. The Balaban J connectivity index is 1.67. The van der Waals surface area contributed by atoms with Crippen molar-refractivity contribution in [1.82, 2.24) is 20.4 Å². The van der Waals surface area contributed by atoms with E-state index < -0.39 is 23.7 Å². The fourth-order valence-corrected chi connectivity index (χ4v) is 3.74. The Bertz CT molecular complexity index is 875. The number of nitrogens with zero attached hydrogens (tertiary/aromatic N) is 2. The summed E-state index contributed by atoms with van der Waals surface area (Å²) in [7, 11) is 0. The Kier molecular flexibility index (Phi) is 7.35. The molecule has 2 heterocycles. The number of aromatic amines is 1. The van der Waals surface area contributed by atoms with Gasteiger partial charge < -0.3 is 10.2 Å². The first-order chi connectivity index (χ1) is 14.7. The second-order valence-corrected chi connectivity index (χ2v) is 8.09. The maximum atomic E-state index is 13.2. The summed E-state index contributed by atoms with van der Waals surface area (Å²) in [5.74, 6) is 0.232. The third-order valence-electron chi connectivity index (χ3n) is 5.70. The van der Waals surface area contributed by atoms with E-state index in [2.05, 4.69) is 22.4 Å². The molecule has 1 aliphatic rings. The molecule has 6 nitrogen and oxygen atoms in total. The van der Waals surface area contributed by atoms with Crippen LogP contribution >= 0.6 is 0 Å². The SMILES string of the molecule is CC1CCN(C(=O)CCC[C@H](NC(=O)c2cn[nH]c2)c2cccc(C(F)(F)F)c2)CC1. The van der Waals surface area contributed by atoms with Crippen molar-refractivity contribution in [3.05, 3.63) is 53.3 Å². The number of hydrogen-bond acceptors (Lipinski definition) is 3. The van der Waals surface area contributed by atoms with Gasteiger partial charge in [0, 0.05) is 25.7 Å². The summed E-state index contributed by atoms with van der Waals surface area (Å²) in [6.45, 7) is 3.66. The van der Waals surface area contributed by atoms with Crippen molar-refractivity contribution >= 4 is 11.8 Å². The lowest BCUT2D eigenvalue weighted by atomic mass is 9.97. The highest BCUT2D eigenvalue weighted by molar-refractivity contribution is 5.93. The number of carbonyl (C=O) groups is 2. The maximum absolute atomic E-state index is 13.2. The number of nitrogens with one attached hydrogen (secondary N) is 2. The molecule has 1 fully saturated rings. The summed E-state index contributed by atoms with van der Waals surface area (Å²) in [4.78, 5) is 26.8. The molecule has 3 rings (SSSR count). The molecule has 2 amide bonds. The molecule has 0 spiro atoms. The van der Waals surface area contributed by atoms with Crippen LogP contribution in [0.5, 0.6) is 0 Å². The largest absolute Gasteiger partial charge is 0.416 e. The van der Waals surface area contributed by atoms with Gasteiger partial charge in [-0.3, -0.25) is 14.7 Å². The van der Waals surface area contributed by atoms with Crippen LogP contribution in [0.25, 0.3) is 0 Å². The second-order valence-electron chi connectivity index (χ2n) is 8.09. The lowest BCUT2D eigenvalue weighted by Crippen LogP contribution is -2.37. The van der Waals surface area contributed by atoms with E-state index in [9.17, 15) is 22.8 Å². The van der Waals surface area contributed by atoms with Crippen molar-refractivity contribution in [1.29, 1.82) is 0 Å². The number of likely N-dealkylation sites (tertiary alicyclic amines) is 1. The van der Waals surface area contributed by atoms with E-state index in [1.807, 2.05) is 4.90 Å². The summed E-state index contributed by atoms with van der Waals surface area (Å²) < 4.78 is 39.5. The quantitative estimate of drug-likeness (QED) is 0.678. The molecule has 2 N–H and O–H groups in total. The second kappa shape index (κ2) is 9.98. The van der Waals surface area contributed by atoms with Gasteiger partial charge in [0.25, 0.3) is 5.91 Å². The van der Waals surface area contributed by atoms with Gasteiger partial charge in [-0.2, -0.15) is 18.3 Å². The maximum Gasteiger partial charge on any atom is 0.416 e. The van der Waals surface area contributed by atoms with Gasteiger partial charge in [0.05, 0.1) is 23.4 Å². The molecule has 0 aliphatic carbocycles. The topological polar surface area (TPSA) is 78.1 Å². The highest BCUT2D eigenvalue weighted by atomic mass is 19.4. The van der Waals surface area contributed by atoms with Crippen LogP contribution in [0.2, 0.25) is 0 Å². The number of carbonyl (C=O) groups excluding carboxylic acids is 2. The predicted molar refractivity (Wildman–Crippen MR) is 109 cm³/mol. The minimum absolute atomic E-state index is 0.0517. The van der Waals surface area contributed by atoms with Gasteiger partial charge in [0.15, 0.2) is 0 Å². The Labute approximate surface area is 179 Å². The van der Waals surface area contributed by atoms with Gasteiger partial charge >= 0.3 is 6.18 Å². The van der Waals surface area contributed by atoms with E-state index in [0.717, 1.165) is 38.1 Å². The number of hydrogen-bond donors (Lipinski definition) is 2. The summed E-state index contributed by atoms with van der Waals surface area (Å²) in [5, 5.41) is 9.05. The number of rotatable bonds is 7. The highest BCUT2D eigenvalue weighted by Gasteiger charge is 2.31. The normalized spacial score (nSPS) is 16.2. The van der Waals surface area contributed by atoms with Crippen molar-refractivity contribution in [3.8, 4) is 0 Å². The van der Waals surface area contributed by atoms with Gasteiger partial charge in [-0.05, 0) is 49.3 Å². The zero-order valence-electron chi connectivity index (χ0n) is 17.4. The smallest absolute Gasteiger partial charge is 0.345 e. The predicted octanol–water partition coefficient (Wildman–Crippen LogP) is 4.33. The first kappa shape index (κ1) is 22.8. The average Bonchev–Trinajstić information content (AvgIpc) is 3.28. The number of aromatic nitrogens is 2. The van der Waals surface area contributed by atoms with Crippen LogP contribution in [0, 0.1) is 5.92 Å². The van der Waals surface area contributed by atoms with E-state index in [4.69, 9.17) is 0 Å². The monoisotopic (exact) mass is 436 g/mol. The summed E-state index contributed by atoms with van der Waals surface area (Å²) in [5.41, 5.74) is -0.132. The number of alkyl halides is 3. The van der Waals surface area contributed by atoms with Gasteiger partial charge in [-0.25, -0.2) is 0 Å². The van der Waals surface area contributed by atoms with Gasteiger partial charge in [-0.15, -0.1) is 0 Å². The van der Waals surface area contributed by atoms with Crippen molar-refractivity contribution in [3.63, 3.8) is 0 Å². The molecule has 0 saturated carbocycles. The molecule has 0 unspecified atom stereocenters. The molecule has 1 aromatic heterocycles. The molecular formula is C22H27F3N4O2. The highest BCUT2D eigenvalue weighted by Crippen LogP contribution is 2.32.